The lowest BCUT2D eigenvalue weighted by Gasteiger charge is -2.04. The summed E-state index contributed by atoms with van der Waals surface area (Å²) in [7, 11) is -1.38. The van der Waals surface area contributed by atoms with Crippen LogP contribution in [-0.4, -0.2) is 8.07 Å². The fourth-order valence-electron chi connectivity index (χ4n) is 1.19. The average Bonchev–Trinajstić information content (AvgIpc) is 2.37. The molecule has 0 spiro atoms. The molecule has 0 aliphatic heterocycles. The van der Waals surface area contributed by atoms with E-state index in [1.807, 2.05) is 24.3 Å². The lowest BCUT2D eigenvalue weighted by molar-refractivity contribution is 1.44. The van der Waals surface area contributed by atoms with Gasteiger partial charge in [-0.3, -0.25) is 0 Å². The van der Waals surface area contributed by atoms with Crippen molar-refractivity contribution in [2.24, 2.45) is 0 Å². The molecule has 0 aliphatic rings. The molecule has 1 rings (SSSR count). The van der Waals surface area contributed by atoms with Gasteiger partial charge >= 0.3 is 0 Å². The molecule has 1 aromatic carbocycles. The zero-order chi connectivity index (χ0) is 14.3. The van der Waals surface area contributed by atoms with Crippen molar-refractivity contribution >= 4 is 13.8 Å². The van der Waals surface area contributed by atoms with Crippen LogP contribution in [0.5, 0.6) is 0 Å². The van der Waals surface area contributed by atoms with Crippen LogP contribution in [0.1, 0.15) is 5.56 Å². The van der Waals surface area contributed by atoms with Crippen LogP contribution in [-0.2, 0) is 0 Å². The molecule has 0 atom stereocenters. The van der Waals surface area contributed by atoms with Gasteiger partial charge in [-0.25, -0.2) is 0 Å². The molecule has 94 valence electrons. The van der Waals surface area contributed by atoms with E-state index in [1.165, 1.54) is 6.20 Å². The van der Waals surface area contributed by atoms with Crippen molar-refractivity contribution in [1.82, 2.24) is 0 Å². The van der Waals surface area contributed by atoms with Crippen LogP contribution >= 0.6 is 0 Å². The van der Waals surface area contributed by atoms with Gasteiger partial charge in [0.05, 0.1) is 0 Å². The second-order valence-electron chi connectivity index (χ2n) is 5.01. The molecule has 0 amide bonds. The van der Waals surface area contributed by atoms with Crippen molar-refractivity contribution in [1.29, 1.82) is 10.5 Å². The number of hydrogen-bond donors (Lipinski definition) is 1. The Balaban J connectivity index is 2.90. The van der Waals surface area contributed by atoms with Crippen molar-refractivity contribution in [3.63, 3.8) is 0 Å². The number of anilines is 1. The number of allylic oxidation sites excluding steroid dienone is 1. The minimum Gasteiger partial charge on any atom is -0.360 e. The lowest BCUT2D eigenvalue weighted by atomic mass is 10.2. The molecule has 0 aliphatic carbocycles. The predicted molar refractivity (Wildman–Crippen MR) is 79.6 cm³/mol. The number of nitriles is 2. The van der Waals surface area contributed by atoms with Gasteiger partial charge in [0.2, 0.25) is 0 Å². The Morgan fingerprint density at radius 3 is 2.47 bits per heavy atom. The second kappa shape index (κ2) is 6.45. The van der Waals surface area contributed by atoms with Gasteiger partial charge in [-0.15, -0.1) is 5.54 Å². The van der Waals surface area contributed by atoms with Gasteiger partial charge < -0.3 is 5.32 Å². The summed E-state index contributed by atoms with van der Waals surface area (Å²) in [6.07, 6.45) is 1.39. The summed E-state index contributed by atoms with van der Waals surface area (Å²) in [6.45, 7) is 6.57. The molecule has 0 saturated carbocycles. The maximum Gasteiger partial charge on any atom is 0.145 e. The van der Waals surface area contributed by atoms with E-state index in [4.69, 9.17) is 10.5 Å². The highest BCUT2D eigenvalue weighted by atomic mass is 28.3. The summed E-state index contributed by atoms with van der Waals surface area (Å²) < 4.78 is 0. The van der Waals surface area contributed by atoms with E-state index in [1.54, 1.807) is 12.1 Å². The normalized spacial score (nSPS) is 9.32. The topological polar surface area (TPSA) is 59.6 Å². The highest BCUT2D eigenvalue weighted by Gasteiger charge is 2.07. The quantitative estimate of drug-likeness (QED) is 0.507. The smallest absolute Gasteiger partial charge is 0.145 e. The summed E-state index contributed by atoms with van der Waals surface area (Å²) in [5.41, 5.74) is 5.07. The molecule has 0 saturated heterocycles. The van der Waals surface area contributed by atoms with Crippen molar-refractivity contribution < 1.29 is 0 Å². The standard InChI is InChI=1S/C15H15N3Si/c1-19(2,3)8-7-13-5-4-6-15(9-13)18-12-14(10-16)11-17/h4-6,9,12,18H,1-3H3. The Morgan fingerprint density at radius 1 is 1.21 bits per heavy atom. The first kappa shape index (κ1) is 14.6. The van der Waals surface area contributed by atoms with Crippen LogP contribution < -0.4 is 5.32 Å². The van der Waals surface area contributed by atoms with Crippen LogP contribution in [0.15, 0.2) is 36.0 Å². The molecule has 1 N–H and O–H groups in total. The third-order valence-corrected chi connectivity index (χ3v) is 2.94. The van der Waals surface area contributed by atoms with Crippen LogP contribution in [0, 0.1) is 34.1 Å². The summed E-state index contributed by atoms with van der Waals surface area (Å²) in [6, 6.07) is 11.2. The number of rotatable bonds is 2. The Labute approximate surface area is 115 Å². The van der Waals surface area contributed by atoms with E-state index in [2.05, 4.69) is 36.4 Å². The Kier molecular flexibility index (Phi) is 4.95. The van der Waals surface area contributed by atoms with Crippen LogP contribution in [0.3, 0.4) is 0 Å². The number of nitrogens with one attached hydrogen (secondary N) is 1. The monoisotopic (exact) mass is 265 g/mol. The van der Waals surface area contributed by atoms with Gasteiger partial charge in [-0.1, -0.05) is 31.6 Å². The lowest BCUT2D eigenvalue weighted by Crippen LogP contribution is -2.16. The number of hydrogen-bond acceptors (Lipinski definition) is 3. The molecule has 0 fully saturated rings. The van der Waals surface area contributed by atoms with E-state index in [0.717, 1.165) is 11.3 Å². The zero-order valence-corrected chi connectivity index (χ0v) is 12.3. The third-order valence-electron chi connectivity index (χ3n) is 2.07. The van der Waals surface area contributed by atoms with Gasteiger partial charge in [0, 0.05) is 17.5 Å². The van der Waals surface area contributed by atoms with E-state index in [9.17, 15) is 0 Å². The molecule has 19 heavy (non-hydrogen) atoms. The van der Waals surface area contributed by atoms with Gasteiger partial charge in [-0.05, 0) is 18.2 Å². The van der Waals surface area contributed by atoms with Crippen molar-refractivity contribution in [3.05, 3.63) is 41.6 Å². The molecule has 3 nitrogen and oxygen atoms in total. The molecule has 4 heteroatoms. The Bertz CT molecular complexity index is 612. The number of benzene rings is 1. The largest absolute Gasteiger partial charge is 0.360 e. The fourth-order valence-corrected chi connectivity index (χ4v) is 1.71. The molecule has 1 aromatic rings. The molecular formula is C15H15N3Si. The van der Waals surface area contributed by atoms with E-state index >= 15 is 0 Å². The van der Waals surface area contributed by atoms with Gasteiger partial charge in [0.25, 0.3) is 0 Å². The predicted octanol–water partition coefficient (Wildman–Crippen LogP) is 3.26. The first-order valence-electron chi connectivity index (χ1n) is 5.85. The molecule has 0 heterocycles. The van der Waals surface area contributed by atoms with Crippen molar-refractivity contribution in [2.75, 3.05) is 5.32 Å². The van der Waals surface area contributed by atoms with Gasteiger partial charge in [-0.2, -0.15) is 10.5 Å². The average molecular weight is 265 g/mol. The minimum absolute atomic E-state index is 0.0404. The van der Waals surface area contributed by atoms with E-state index in [0.29, 0.717) is 0 Å². The number of nitrogens with zero attached hydrogens (tertiary/aromatic N) is 2. The summed E-state index contributed by atoms with van der Waals surface area (Å²) in [4.78, 5) is 0. The highest BCUT2D eigenvalue weighted by molar-refractivity contribution is 6.83. The maximum absolute atomic E-state index is 8.63. The fraction of sp³-hybridized carbons (Fsp3) is 0.200. The molecule has 0 unspecified atom stereocenters. The van der Waals surface area contributed by atoms with Gasteiger partial charge in [0.15, 0.2) is 0 Å². The Hall–Kier alpha value is -2.48. The molecular weight excluding hydrogens is 250 g/mol. The molecule has 0 radical (unpaired) electrons. The maximum atomic E-state index is 8.63. The summed E-state index contributed by atoms with van der Waals surface area (Å²) in [5.74, 6) is 3.16. The van der Waals surface area contributed by atoms with Crippen molar-refractivity contribution in [3.8, 4) is 23.6 Å². The minimum atomic E-state index is -1.38. The Morgan fingerprint density at radius 2 is 1.89 bits per heavy atom. The second-order valence-corrected chi connectivity index (χ2v) is 9.76. The van der Waals surface area contributed by atoms with Gasteiger partial charge in [0.1, 0.15) is 25.8 Å². The zero-order valence-electron chi connectivity index (χ0n) is 11.3. The van der Waals surface area contributed by atoms with Crippen molar-refractivity contribution in [2.45, 2.75) is 19.6 Å². The molecule has 0 bridgehead atoms. The first-order valence-corrected chi connectivity index (χ1v) is 9.35. The summed E-state index contributed by atoms with van der Waals surface area (Å²) >= 11 is 0. The SMILES string of the molecule is C[Si](C)(C)C#Cc1cccc(NC=C(C#N)C#N)c1. The highest BCUT2D eigenvalue weighted by Crippen LogP contribution is 2.10. The van der Waals surface area contributed by atoms with Crippen LogP contribution in [0.4, 0.5) is 5.69 Å². The van der Waals surface area contributed by atoms with E-state index < -0.39 is 8.07 Å². The van der Waals surface area contributed by atoms with Crippen LogP contribution in [0.25, 0.3) is 0 Å². The third kappa shape index (κ3) is 5.59. The van der Waals surface area contributed by atoms with E-state index in [-0.39, 0.29) is 5.57 Å². The first-order chi connectivity index (χ1) is 8.94. The van der Waals surface area contributed by atoms with Crippen LogP contribution in [0.2, 0.25) is 19.6 Å². The molecule has 0 aromatic heterocycles. The summed E-state index contributed by atoms with van der Waals surface area (Å²) in [5, 5.41) is 20.2.